The number of hydrogen-bond donors (Lipinski definition) is 1. The lowest BCUT2D eigenvalue weighted by Gasteiger charge is -2.28. The maximum absolute atomic E-state index is 3.31. The highest BCUT2D eigenvalue weighted by atomic mass is 14.9. The lowest BCUT2D eigenvalue weighted by atomic mass is 9.90. The Morgan fingerprint density at radius 1 is 1.38 bits per heavy atom. The van der Waals surface area contributed by atoms with E-state index in [2.05, 4.69) is 37.4 Å². The fourth-order valence-electron chi connectivity index (χ4n) is 1.85. The van der Waals surface area contributed by atoms with Gasteiger partial charge in [-0.3, -0.25) is 0 Å². The molecular formula is C12H17N. The van der Waals surface area contributed by atoms with Gasteiger partial charge in [-0.05, 0) is 30.0 Å². The van der Waals surface area contributed by atoms with Gasteiger partial charge in [0, 0.05) is 19.0 Å². The van der Waals surface area contributed by atoms with Gasteiger partial charge in [-0.2, -0.15) is 0 Å². The van der Waals surface area contributed by atoms with Gasteiger partial charge in [-0.25, -0.2) is 0 Å². The summed E-state index contributed by atoms with van der Waals surface area (Å²) in [6.07, 6.45) is 1.15. The molecule has 1 saturated heterocycles. The van der Waals surface area contributed by atoms with Crippen molar-refractivity contribution >= 4 is 0 Å². The molecule has 0 aliphatic carbocycles. The van der Waals surface area contributed by atoms with Gasteiger partial charge in [0.2, 0.25) is 0 Å². The fraction of sp³-hybridized carbons (Fsp3) is 0.500. The number of nitrogens with one attached hydrogen (secondary N) is 1. The van der Waals surface area contributed by atoms with E-state index in [1.165, 1.54) is 16.7 Å². The second-order valence-corrected chi connectivity index (χ2v) is 3.89. The molecule has 70 valence electrons. The third-order valence-corrected chi connectivity index (χ3v) is 3.01. The third kappa shape index (κ3) is 1.61. The maximum atomic E-state index is 3.31. The molecule has 0 spiro atoms. The van der Waals surface area contributed by atoms with Crippen molar-refractivity contribution in [3.63, 3.8) is 0 Å². The smallest absolute Gasteiger partial charge is 0.00886 e. The van der Waals surface area contributed by atoms with E-state index in [9.17, 15) is 0 Å². The molecule has 0 unspecified atom stereocenters. The van der Waals surface area contributed by atoms with E-state index in [0.717, 1.165) is 25.4 Å². The molecule has 1 fully saturated rings. The summed E-state index contributed by atoms with van der Waals surface area (Å²) in [5.41, 5.74) is 4.45. The highest BCUT2D eigenvalue weighted by Gasteiger charge is 2.18. The minimum absolute atomic E-state index is 0.769. The van der Waals surface area contributed by atoms with Crippen LogP contribution in [0.5, 0.6) is 0 Å². The van der Waals surface area contributed by atoms with E-state index >= 15 is 0 Å². The summed E-state index contributed by atoms with van der Waals surface area (Å²) in [4.78, 5) is 0. The monoisotopic (exact) mass is 175 g/mol. The molecule has 1 aliphatic heterocycles. The average molecular weight is 175 g/mol. The molecule has 1 aliphatic rings. The molecule has 0 bridgehead atoms. The first-order valence-corrected chi connectivity index (χ1v) is 5.11. The van der Waals surface area contributed by atoms with E-state index in [-0.39, 0.29) is 0 Å². The average Bonchev–Trinajstić information content (AvgIpc) is 2.05. The van der Waals surface area contributed by atoms with Crippen LogP contribution in [0, 0.1) is 6.92 Å². The van der Waals surface area contributed by atoms with Crippen LogP contribution in [-0.2, 0) is 6.42 Å². The van der Waals surface area contributed by atoms with Crippen LogP contribution >= 0.6 is 0 Å². The van der Waals surface area contributed by atoms with Crippen LogP contribution in [0.2, 0.25) is 0 Å². The zero-order chi connectivity index (χ0) is 9.26. The molecule has 2 rings (SSSR count). The van der Waals surface area contributed by atoms with Crippen LogP contribution in [0.3, 0.4) is 0 Å². The van der Waals surface area contributed by atoms with Gasteiger partial charge in [0.1, 0.15) is 0 Å². The van der Waals surface area contributed by atoms with Crippen LogP contribution in [-0.4, -0.2) is 13.1 Å². The number of aryl methyl sites for hydroxylation is 2. The zero-order valence-electron chi connectivity index (χ0n) is 8.43. The van der Waals surface area contributed by atoms with Crippen molar-refractivity contribution in [2.45, 2.75) is 26.2 Å². The first kappa shape index (κ1) is 8.76. The van der Waals surface area contributed by atoms with Gasteiger partial charge >= 0.3 is 0 Å². The summed E-state index contributed by atoms with van der Waals surface area (Å²) in [5.74, 6) is 0.769. The maximum Gasteiger partial charge on any atom is 0.00886 e. The minimum Gasteiger partial charge on any atom is -0.315 e. The second kappa shape index (κ2) is 3.51. The quantitative estimate of drug-likeness (QED) is 0.727. The lowest BCUT2D eigenvalue weighted by molar-refractivity contribution is 0.448. The minimum atomic E-state index is 0.769. The van der Waals surface area contributed by atoms with Gasteiger partial charge in [0.25, 0.3) is 0 Å². The summed E-state index contributed by atoms with van der Waals surface area (Å²) in [7, 11) is 0. The molecule has 1 aromatic rings. The first-order valence-electron chi connectivity index (χ1n) is 5.11. The van der Waals surface area contributed by atoms with E-state index in [1.807, 2.05) is 0 Å². The Kier molecular flexibility index (Phi) is 2.36. The first-order chi connectivity index (χ1) is 6.31. The van der Waals surface area contributed by atoms with Crippen LogP contribution in [0.1, 0.15) is 29.5 Å². The van der Waals surface area contributed by atoms with Crippen LogP contribution in [0.15, 0.2) is 18.2 Å². The predicted octanol–water partition coefficient (Wildman–Crippen LogP) is 2.24. The molecule has 13 heavy (non-hydrogen) atoms. The Hall–Kier alpha value is -0.820. The normalized spacial score (nSPS) is 17.1. The highest BCUT2D eigenvalue weighted by Crippen LogP contribution is 2.22. The van der Waals surface area contributed by atoms with Crippen LogP contribution < -0.4 is 5.32 Å². The van der Waals surface area contributed by atoms with Crippen molar-refractivity contribution in [1.29, 1.82) is 0 Å². The SMILES string of the molecule is CCc1cc(C2CNC2)ccc1C. The van der Waals surface area contributed by atoms with Gasteiger partial charge in [-0.15, -0.1) is 0 Å². The highest BCUT2D eigenvalue weighted by molar-refractivity contribution is 5.34. The Morgan fingerprint density at radius 2 is 2.15 bits per heavy atom. The molecule has 0 aromatic heterocycles. The summed E-state index contributed by atoms with van der Waals surface area (Å²) in [6, 6.07) is 6.91. The van der Waals surface area contributed by atoms with Gasteiger partial charge in [0.15, 0.2) is 0 Å². The van der Waals surface area contributed by atoms with Crippen molar-refractivity contribution in [1.82, 2.24) is 5.32 Å². The van der Waals surface area contributed by atoms with Crippen molar-refractivity contribution in [3.8, 4) is 0 Å². The zero-order valence-corrected chi connectivity index (χ0v) is 8.43. The van der Waals surface area contributed by atoms with Crippen LogP contribution in [0.4, 0.5) is 0 Å². The molecule has 1 N–H and O–H groups in total. The Labute approximate surface area is 80.2 Å². The molecule has 0 atom stereocenters. The molecule has 1 aromatic carbocycles. The Balaban J connectivity index is 2.26. The third-order valence-electron chi connectivity index (χ3n) is 3.01. The molecule has 1 heterocycles. The standard InChI is InChI=1S/C12H17N/c1-3-10-6-11(5-4-9(10)2)12-7-13-8-12/h4-6,12-13H,3,7-8H2,1-2H3. The van der Waals surface area contributed by atoms with E-state index in [4.69, 9.17) is 0 Å². The number of hydrogen-bond acceptors (Lipinski definition) is 1. The summed E-state index contributed by atoms with van der Waals surface area (Å²) in [5, 5.41) is 3.31. The largest absolute Gasteiger partial charge is 0.315 e. The summed E-state index contributed by atoms with van der Waals surface area (Å²) >= 11 is 0. The number of rotatable bonds is 2. The molecule has 0 radical (unpaired) electrons. The molecule has 1 heteroatoms. The molecule has 0 saturated carbocycles. The predicted molar refractivity (Wildman–Crippen MR) is 56.2 cm³/mol. The van der Waals surface area contributed by atoms with E-state index in [0.29, 0.717) is 0 Å². The fourth-order valence-corrected chi connectivity index (χ4v) is 1.85. The lowest BCUT2D eigenvalue weighted by Crippen LogP contribution is -2.39. The van der Waals surface area contributed by atoms with Crippen LogP contribution in [0.25, 0.3) is 0 Å². The van der Waals surface area contributed by atoms with Crippen molar-refractivity contribution < 1.29 is 0 Å². The topological polar surface area (TPSA) is 12.0 Å². The second-order valence-electron chi connectivity index (χ2n) is 3.89. The van der Waals surface area contributed by atoms with Crippen molar-refractivity contribution in [2.75, 3.05) is 13.1 Å². The van der Waals surface area contributed by atoms with Gasteiger partial charge in [0.05, 0.1) is 0 Å². The van der Waals surface area contributed by atoms with Crippen molar-refractivity contribution in [2.24, 2.45) is 0 Å². The summed E-state index contributed by atoms with van der Waals surface area (Å²) < 4.78 is 0. The van der Waals surface area contributed by atoms with E-state index in [1.54, 1.807) is 0 Å². The summed E-state index contributed by atoms with van der Waals surface area (Å²) in [6.45, 7) is 6.74. The van der Waals surface area contributed by atoms with Crippen molar-refractivity contribution in [3.05, 3.63) is 34.9 Å². The molecular weight excluding hydrogens is 158 g/mol. The number of benzene rings is 1. The Morgan fingerprint density at radius 3 is 2.69 bits per heavy atom. The molecule has 1 nitrogen and oxygen atoms in total. The Bertz CT molecular complexity index is 300. The van der Waals surface area contributed by atoms with Gasteiger partial charge < -0.3 is 5.32 Å². The van der Waals surface area contributed by atoms with Gasteiger partial charge in [-0.1, -0.05) is 25.1 Å². The van der Waals surface area contributed by atoms with E-state index < -0.39 is 0 Å². The molecule has 0 amide bonds.